The van der Waals surface area contributed by atoms with E-state index in [9.17, 15) is 0 Å². The normalized spacial score (nSPS) is 13.1. The summed E-state index contributed by atoms with van der Waals surface area (Å²) in [6.45, 7) is 1.89. The van der Waals surface area contributed by atoms with E-state index in [2.05, 4.69) is 4.99 Å². The van der Waals surface area contributed by atoms with Crippen molar-refractivity contribution in [3.8, 4) is 5.75 Å². The van der Waals surface area contributed by atoms with E-state index in [1.165, 1.54) is 0 Å². The van der Waals surface area contributed by atoms with Crippen molar-refractivity contribution in [1.82, 2.24) is 0 Å². The van der Waals surface area contributed by atoms with Gasteiger partial charge >= 0.3 is 0 Å². The molecule has 0 aromatic heterocycles. The standard InChI is InChI=1S/C11H15NO2/c1-9(13-2)12-8-10-4-6-11(14-3)7-5-10/h4-9H,1-3H3/b12-8+. The summed E-state index contributed by atoms with van der Waals surface area (Å²) in [5.41, 5.74) is 1.04. The smallest absolute Gasteiger partial charge is 0.145 e. The van der Waals surface area contributed by atoms with Gasteiger partial charge in [-0.25, -0.2) is 0 Å². The average molecular weight is 193 g/mol. The van der Waals surface area contributed by atoms with Crippen LogP contribution in [0.4, 0.5) is 0 Å². The summed E-state index contributed by atoms with van der Waals surface area (Å²) in [7, 11) is 3.28. The molecule has 0 heterocycles. The summed E-state index contributed by atoms with van der Waals surface area (Å²) < 4.78 is 10.0. The molecule has 0 N–H and O–H groups in total. The van der Waals surface area contributed by atoms with Gasteiger partial charge in [-0.3, -0.25) is 4.99 Å². The first-order chi connectivity index (χ1) is 6.76. The maximum atomic E-state index is 5.05. The zero-order chi connectivity index (χ0) is 10.4. The van der Waals surface area contributed by atoms with Gasteiger partial charge in [0.2, 0.25) is 0 Å². The molecule has 1 unspecified atom stereocenters. The van der Waals surface area contributed by atoms with E-state index in [1.807, 2.05) is 31.2 Å². The minimum atomic E-state index is -0.0999. The minimum absolute atomic E-state index is 0.0999. The molecule has 0 saturated heterocycles. The van der Waals surface area contributed by atoms with Gasteiger partial charge in [0.25, 0.3) is 0 Å². The number of hydrogen-bond donors (Lipinski definition) is 0. The molecule has 0 bridgehead atoms. The van der Waals surface area contributed by atoms with E-state index >= 15 is 0 Å². The van der Waals surface area contributed by atoms with Crippen molar-refractivity contribution >= 4 is 6.21 Å². The Bertz CT molecular complexity index is 293. The van der Waals surface area contributed by atoms with E-state index in [4.69, 9.17) is 9.47 Å². The Morgan fingerprint density at radius 3 is 2.36 bits per heavy atom. The summed E-state index contributed by atoms with van der Waals surface area (Å²) >= 11 is 0. The molecular formula is C11H15NO2. The Hall–Kier alpha value is -1.35. The van der Waals surface area contributed by atoms with Crippen LogP contribution < -0.4 is 4.74 Å². The number of methoxy groups -OCH3 is 2. The van der Waals surface area contributed by atoms with Crippen molar-refractivity contribution in [2.45, 2.75) is 13.2 Å². The molecule has 0 amide bonds. The zero-order valence-electron chi connectivity index (χ0n) is 8.73. The van der Waals surface area contributed by atoms with Crippen LogP contribution in [0.3, 0.4) is 0 Å². The molecule has 0 spiro atoms. The van der Waals surface area contributed by atoms with E-state index in [0.29, 0.717) is 0 Å². The average Bonchev–Trinajstić information content (AvgIpc) is 2.26. The molecule has 1 aromatic carbocycles. The third-order valence-electron chi connectivity index (χ3n) is 1.89. The predicted molar refractivity (Wildman–Crippen MR) is 57.1 cm³/mol. The fourth-order valence-corrected chi connectivity index (χ4v) is 0.942. The summed E-state index contributed by atoms with van der Waals surface area (Å²) in [5, 5.41) is 0. The Morgan fingerprint density at radius 2 is 1.86 bits per heavy atom. The molecule has 1 aromatic rings. The SMILES string of the molecule is COc1ccc(/C=N/C(C)OC)cc1. The van der Waals surface area contributed by atoms with E-state index < -0.39 is 0 Å². The Labute approximate surface area is 84.4 Å². The molecule has 3 heteroatoms. The van der Waals surface area contributed by atoms with Crippen LogP contribution in [-0.2, 0) is 4.74 Å². The van der Waals surface area contributed by atoms with Crippen molar-refractivity contribution in [3.63, 3.8) is 0 Å². The quantitative estimate of drug-likeness (QED) is 0.686. The van der Waals surface area contributed by atoms with Crippen LogP contribution in [-0.4, -0.2) is 26.7 Å². The Morgan fingerprint density at radius 1 is 1.21 bits per heavy atom. The topological polar surface area (TPSA) is 30.8 Å². The van der Waals surface area contributed by atoms with Gasteiger partial charge < -0.3 is 9.47 Å². The summed E-state index contributed by atoms with van der Waals surface area (Å²) in [6, 6.07) is 7.70. The first-order valence-electron chi connectivity index (χ1n) is 4.46. The van der Waals surface area contributed by atoms with Gasteiger partial charge in [-0.05, 0) is 36.8 Å². The van der Waals surface area contributed by atoms with Gasteiger partial charge in [0.15, 0.2) is 0 Å². The van der Waals surface area contributed by atoms with Gasteiger partial charge in [-0.2, -0.15) is 0 Å². The fraction of sp³-hybridized carbons (Fsp3) is 0.364. The molecule has 0 fully saturated rings. The maximum Gasteiger partial charge on any atom is 0.145 e. The maximum absolute atomic E-state index is 5.05. The van der Waals surface area contributed by atoms with Crippen LogP contribution in [0.25, 0.3) is 0 Å². The van der Waals surface area contributed by atoms with Crippen LogP contribution in [0, 0.1) is 0 Å². The largest absolute Gasteiger partial charge is 0.497 e. The molecule has 0 aliphatic carbocycles. The molecule has 1 atom stereocenters. The van der Waals surface area contributed by atoms with Gasteiger partial charge in [0.1, 0.15) is 12.0 Å². The second-order valence-corrected chi connectivity index (χ2v) is 2.89. The van der Waals surface area contributed by atoms with Crippen LogP contribution in [0.1, 0.15) is 12.5 Å². The lowest BCUT2D eigenvalue weighted by molar-refractivity contribution is 0.127. The van der Waals surface area contributed by atoms with E-state index in [1.54, 1.807) is 20.4 Å². The lowest BCUT2D eigenvalue weighted by atomic mass is 10.2. The molecule has 14 heavy (non-hydrogen) atoms. The number of nitrogens with zero attached hydrogens (tertiary/aromatic N) is 1. The second kappa shape index (κ2) is 5.40. The molecule has 76 valence electrons. The highest BCUT2D eigenvalue weighted by atomic mass is 16.5. The van der Waals surface area contributed by atoms with Crippen LogP contribution in [0.2, 0.25) is 0 Å². The monoisotopic (exact) mass is 193 g/mol. The van der Waals surface area contributed by atoms with Crippen molar-refractivity contribution in [2.24, 2.45) is 4.99 Å². The number of benzene rings is 1. The third kappa shape index (κ3) is 3.18. The molecule has 0 aliphatic heterocycles. The summed E-state index contributed by atoms with van der Waals surface area (Å²) in [5.74, 6) is 0.849. The van der Waals surface area contributed by atoms with Gasteiger partial charge in [-0.15, -0.1) is 0 Å². The Balaban J connectivity index is 2.64. The highest BCUT2D eigenvalue weighted by Gasteiger charge is 1.93. The lowest BCUT2D eigenvalue weighted by Crippen LogP contribution is -2.00. The van der Waals surface area contributed by atoms with Crippen molar-refractivity contribution < 1.29 is 9.47 Å². The molecular weight excluding hydrogens is 178 g/mol. The Kier molecular flexibility index (Phi) is 4.13. The molecule has 0 aliphatic rings. The predicted octanol–water partition coefficient (Wildman–Crippen LogP) is 2.11. The fourth-order valence-electron chi connectivity index (χ4n) is 0.942. The van der Waals surface area contributed by atoms with Crippen LogP contribution in [0.5, 0.6) is 5.75 Å². The van der Waals surface area contributed by atoms with E-state index in [0.717, 1.165) is 11.3 Å². The summed E-state index contributed by atoms with van der Waals surface area (Å²) in [6.07, 6.45) is 1.69. The molecule has 3 nitrogen and oxygen atoms in total. The highest BCUT2D eigenvalue weighted by molar-refractivity contribution is 5.79. The molecule has 1 rings (SSSR count). The van der Waals surface area contributed by atoms with Gasteiger partial charge in [-0.1, -0.05) is 0 Å². The summed E-state index contributed by atoms with van der Waals surface area (Å²) in [4.78, 5) is 4.18. The van der Waals surface area contributed by atoms with Gasteiger partial charge in [0.05, 0.1) is 7.11 Å². The zero-order valence-corrected chi connectivity index (χ0v) is 8.73. The second-order valence-electron chi connectivity index (χ2n) is 2.89. The van der Waals surface area contributed by atoms with Gasteiger partial charge in [0, 0.05) is 13.3 Å². The number of rotatable bonds is 4. The first-order valence-corrected chi connectivity index (χ1v) is 4.46. The minimum Gasteiger partial charge on any atom is -0.497 e. The highest BCUT2D eigenvalue weighted by Crippen LogP contribution is 2.09. The van der Waals surface area contributed by atoms with Crippen molar-refractivity contribution in [1.29, 1.82) is 0 Å². The third-order valence-corrected chi connectivity index (χ3v) is 1.89. The number of hydrogen-bond acceptors (Lipinski definition) is 3. The van der Waals surface area contributed by atoms with E-state index in [-0.39, 0.29) is 6.23 Å². The number of ether oxygens (including phenoxy) is 2. The molecule has 0 saturated carbocycles. The van der Waals surface area contributed by atoms with Crippen LogP contribution >= 0.6 is 0 Å². The first kappa shape index (κ1) is 10.7. The van der Waals surface area contributed by atoms with Crippen molar-refractivity contribution in [2.75, 3.05) is 14.2 Å². The van der Waals surface area contributed by atoms with Crippen molar-refractivity contribution in [3.05, 3.63) is 29.8 Å². The lowest BCUT2D eigenvalue weighted by Gasteiger charge is -2.02. The number of aliphatic imine (C=N–C) groups is 1. The van der Waals surface area contributed by atoms with Crippen LogP contribution in [0.15, 0.2) is 29.3 Å². The molecule has 0 radical (unpaired) electrons.